The van der Waals surface area contributed by atoms with E-state index >= 15 is 0 Å². The summed E-state index contributed by atoms with van der Waals surface area (Å²) in [5.74, 6) is 0.234. The van der Waals surface area contributed by atoms with Crippen LogP contribution in [0.4, 0.5) is 5.69 Å². The van der Waals surface area contributed by atoms with Gasteiger partial charge in [0.05, 0.1) is 17.7 Å². The molecule has 2 aromatic rings. The first-order valence-electron chi connectivity index (χ1n) is 7.72. The van der Waals surface area contributed by atoms with Gasteiger partial charge in [-0.25, -0.2) is 5.43 Å². The number of hydrazone groups is 1. The highest BCUT2D eigenvalue weighted by molar-refractivity contribution is 6.02. The average molecular weight is 341 g/mol. The van der Waals surface area contributed by atoms with Crippen molar-refractivity contribution in [2.75, 3.05) is 7.11 Å². The van der Waals surface area contributed by atoms with Gasteiger partial charge in [-0.05, 0) is 49.2 Å². The highest BCUT2D eigenvalue weighted by Gasteiger charge is 2.15. The zero-order chi connectivity index (χ0) is 18.4. The number of carbonyl (C=O) groups is 1. The van der Waals surface area contributed by atoms with Crippen LogP contribution in [-0.2, 0) is 0 Å². The van der Waals surface area contributed by atoms with Gasteiger partial charge in [-0.2, -0.15) is 5.10 Å². The third kappa shape index (κ3) is 4.41. The number of hydrogen-bond acceptors (Lipinski definition) is 5. The minimum Gasteiger partial charge on any atom is -0.497 e. The van der Waals surface area contributed by atoms with Crippen molar-refractivity contribution in [1.29, 1.82) is 0 Å². The molecule has 0 aromatic heterocycles. The zero-order valence-electron chi connectivity index (χ0n) is 14.3. The van der Waals surface area contributed by atoms with Crippen molar-refractivity contribution in [1.82, 2.24) is 5.43 Å². The van der Waals surface area contributed by atoms with Gasteiger partial charge in [-0.3, -0.25) is 14.9 Å². The van der Waals surface area contributed by atoms with E-state index in [-0.39, 0.29) is 11.3 Å². The second kappa shape index (κ2) is 8.05. The molecule has 0 radical (unpaired) electrons. The lowest BCUT2D eigenvalue weighted by atomic mass is 10.1. The molecule has 25 heavy (non-hydrogen) atoms. The van der Waals surface area contributed by atoms with Crippen LogP contribution in [0.1, 0.15) is 34.8 Å². The lowest BCUT2D eigenvalue weighted by molar-refractivity contribution is -0.385. The van der Waals surface area contributed by atoms with Gasteiger partial charge < -0.3 is 4.74 Å². The number of nitro groups is 1. The first-order chi connectivity index (χ1) is 12.0. The second-order valence-corrected chi connectivity index (χ2v) is 5.34. The number of carbonyl (C=O) groups excluding carboxylic acids is 1. The lowest BCUT2D eigenvalue weighted by Crippen LogP contribution is -2.20. The molecule has 1 amide bonds. The molecule has 0 aliphatic carbocycles. The largest absolute Gasteiger partial charge is 0.497 e. The number of amides is 1. The number of nitrogens with one attached hydrogen (secondary N) is 1. The van der Waals surface area contributed by atoms with Crippen LogP contribution >= 0.6 is 0 Å². The normalized spacial score (nSPS) is 11.1. The van der Waals surface area contributed by atoms with E-state index in [1.807, 2.05) is 31.2 Å². The van der Waals surface area contributed by atoms with Crippen molar-refractivity contribution < 1.29 is 14.5 Å². The van der Waals surface area contributed by atoms with Gasteiger partial charge in [0.25, 0.3) is 11.6 Å². The summed E-state index contributed by atoms with van der Waals surface area (Å²) < 4.78 is 5.11. The Labute approximate surface area is 145 Å². The Morgan fingerprint density at radius 3 is 2.40 bits per heavy atom. The third-order valence-electron chi connectivity index (χ3n) is 3.72. The predicted molar refractivity (Wildman–Crippen MR) is 95.1 cm³/mol. The standard InChI is InChI=1S/C18H19N3O4/c1-4-16(13-7-9-15(25-3)10-8-13)19-20-18(22)14-6-5-12(2)17(11-14)21(23)24/h5-11H,4H2,1-3H3,(H,20,22). The fraction of sp³-hybridized carbons (Fsp3) is 0.222. The minimum absolute atomic E-state index is 0.0949. The van der Waals surface area contributed by atoms with Crippen molar-refractivity contribution >= 4 is 17.3 Å². The van der Waals surface area contributed by atoms with E-state index in [1.165, 1.54) is 12.1 Å². The summed E-state index contributed by atoms with van der Waals surface area (Å²) >= 11 is 0. The lowest BCUT2D eigenvalue weighted by Gasteiger charge is -2.07. The van der Waals surface area contributed by atoms with Crippen molar-refractivity contribution in [3.8, 4) is 5.75 Å². The molecule has 0 saturated carbocycles. The molecule has 0 spiro atoms. The molecule has 7 heteroatoms. The van der Waals surface area contributed by atoms with Gasteiger partial charge in [0.1, 0.15) is 5.75 Å². The Morgan fingerprint density at radius 2 is 1.84 bits per heavy atom. The maximum absolute atomic E-state index is 12.2. The molecule has 2 aromatic carbocycles. The monoisotopic (exact) mass is 341 g/mol. The molecule has 0 aliphatic heterocycles. The van der Waals surface area contributed by atoms with Gasteiger partial charge in [0.15, 0.2) is 0 Å². The number of benzene rings is 2. The van der Waals surface area contributed by atoms with E-state index in [4.69, 9.17) is 4.74 Å². The Balaban J connectivity index is 2.19. The molecular formula is C18H19N3O4. The molecule has 0 fully saturated rings. The van der Waals surface area contributed by atoms with Crippen LogP contribution in [0.3, 0.4) is 0 Å². The number of aryl methyl sites for hydroxylation is 1. The molecule has 0 bridgehead atoms. The van der Waals surface area contributed by atoms with Crippen LogP contribution in [0, 0.1) is 17.0 Å². The van der Waals surface area contributed by atoms with Crippen LogP contribution in [0.15, 0.2) is 47.6 Å². The molecule has 0 heterocycles. The number of rotatable bonds is 6. The highest BCUT2D eigenvalue weighted by atomic mass is 16.6. The van der Waals surface area contributed by atoms with Crippen molar-refractivity contribution in [3.63, 3.8) is 0 Å². The first kappa shape index (κ1) is 18.1. The minimum atomic E-state index is -0.510. The molecule has 0 saturated heterocycles. The molecule has 0 atom stereocenters. The van der Waals surface area contributed by atoms with Crippen LogP contribution in [0.25, 0.3) is 0 Å². The van der Waals surface area contributed by atoms with E-state index in [9.17, 15) is 14.9 Å². The van der Waals surface area contributed by atoms with Gasteiger partial charge in [-0.1, -0.05) is 13.0 Å². The molecule has 1 N–H and O–H groups in total. The molecular weight excluding hydrogens is 322 g/mol. The number of hydrogen-bond donors (Lipinski definition) is 1. The average Bonchev–Trinajstić information content (AvgIpc) is 2.62. The fourth-order valence-corrected chi connectivity index (χ4v) is 2.26. The van der Waals surface area contributed by atoms with Gasteiger partial charge in [-0.15, -0.1) is 0 Å². The smallest absolute Gasteiger partial charge is 0.273 e. The number of methoxy groups -OCH3 is 1. The summed E-state index contributed by atoms with van der Waals surface area (Å²) in [5.41, 5.74) is 4.60. The third-order valence-corrected chi connectivity index (χ3v) is 3.72. The topological polar surface area (TPSA) is 93.8 Å². The van der Waals surface area contributed by atoms with Crippen LogP contribution in [0.5, 0.6) is 5.75 Å². The Bertz CT molecular complexity index is 814. The van der Waals surface area contributed by atoms with E-state index in [0.717, 1.165) is 11.3 Å². The van der Waals surface area contributed by atoms with E-state index in [2.05, 4.69) is 10.5 Å². The summed E-state index contributed by atoms with van der Waals surface area (Å²) in [4.78, 5) is 22.7. The Hall–Kier alpha value is -3.22. The summed E-state index contributed by atoms with van der Waals surface area (Å²) in [5, 5.41) is 15.1. The first-order valence-corrected chi connectivity index (χ1v) is 7.72. The summed E-state index contributed by atoms with van der Waals surface area (Å²) in [7, 11) is 1.59. The number of ether oxygens (including phenoxy) is 1. The molecule has 0 unspecified atom stereocenters. The van der Waals surface area contributed by atoms with E-state index < -0.39 is 10.8 Å². The number of nitro benzene ring substituents is 1. The highest BCUT2D eigenvalue weighted by Crippen LogP contribution is 2.19. The maximum Gasteiger partial charge on any atom is 0.273 e. The second-order valence-electron chi connectivity index (χ2n) is 5.34. The van der Waals surface area contributed by atoms with Crippen LogP contribution < -0.4 is 10.2 Å². The molecule has 0 aliphatic rings. The number of nitrogens with zero attached hydrogens (tertiary/aromatic N) is 2. The van der Waals surface area contributed by atoms with Crippen LogP contribution in [0.2, 0.25) is 0 Å². The van der Waals surface area contributed by atoms with Crippen molar-refractivity contribution in [2.24, 2.45) is 5.10 Å². The summed E-state index contributed by atoms with van der Waals surface area (Å²) in [6.07, 6.45) is 0.612. The molecule has 2 rings (SSSR count). The van der Waals surface area contributed by atoms with Crippen molar-refractivity contribution in [3.05, 3.63) is 69.3 Å². The maximum atomic E-state index is 12.2. The predicted octanol–water partition coefficient (Wildman–Crippen LogP) is 3.46. The SMILES string of the molecule is CCC(=NNC(=O)c1ccc(C)c([N+](=O)[O-])c1)c1ccc(OC)cc1. The van der Waals surface area contributed by atoms with Crippen molar-refractivity contribution in [2.45, 2.75) is 20.3 Å². The summed E-state index contributed by atoms with van der Waals surface area (Å²) in [6.45, 7) is 3.54. The van der Waals surface area contributed by atoms with Gasteiger partial charge >= 0.3 is 0 Å². The summed E-state index contributed by atoms with van der Waals surface area (Å²) in [6, 6.07) is 11.7. The van der Waals surface area contributed by atoms with Crippen LogP contribution in [-0.4, -0.2) is 23.7 Å². The van der Waals surface area contributed by atoms with E-state index in [1.54, 1.807) is 20.1 Å². The molecule has 130 valence electrons. The quantitative estimate of drug-likeness (QED) is 0.494. The zero-order valence-corrected chi connectivity index (χ0v) is 14.3. The van der Waals surface area contributed by atoms with Gasteiger partial charge in [0, 0.05) is 17.2 Å². The molecule has 7 nitrogen and oxygen atoms in total. The fourth-order valence-electron chi connectivity index (χ4n) is 2.26. The Kier molecular flexibility index (Phi) is 5.84. The van der Waals surface area contributed by atoms with E-state index in [0.29, 0.717) is 17.7 Å². The Morgan fingerprint density at radius 1 is 1.20 bits per heavy atom. The van der Waals surface area contributed by atoms with Gasteiger partial charge in [0.2, 0.25) is 0 Å².